The Morgan fingerprint density at radius 3 is 2.42 bits per heavy atom. The van der Waals surface area contributed by atoms with E-state index in [0.29, 0.717) is 5.52 Å². The fourth-order valence-corrected chi connectivity index (χ4v) is 2.31. The Morgan fingerprint density at radius 1 is 1.00 bits per heavy atom. The van der Waals surface area contributed by atoms with Crippen LogP contribution in [0.3, 0.4) is 0 Å². The maximum absolute atomic E-state index is 11.8. The largest absolute Gasteiger partial charge is 0.326 e. The second-order valence-electron chi connectivity index (χ2n) is 4.82. The van der Waals surface area contributed by atoms with Crippen molar-refractivity contribution in [2.24, 2.45) is 0 Å². The molecular formula is C14H13N3O2. The molecule has 0 atom stereocenters. The fraction of sp³-hybridized carbons (Fsp3) is 0.214. The maximum Gasteiger partial charge on any atom is 0.326 e. The second kappa shape index (κ2) is 3.78. The Bertz CT molecular complexity index is 935. The van der Waals surface area contributed by atoms with Crippen molar-refractivity contribution in [3.63, 3.8) is 0 Å². The molecule has 0 aliphatic rings. The molecule has 0 unspecified atom stereocenters. The number of H-pyrrole nitrogens is 2. The summed E-state index contributed by atoms with van der Waals surface area (Å²) in [6.45, 7) is 5.92. The normalized spacial score (nSPS) is 11.3. The van der Waals surface area contributed by atoms with Crippen LogP contribution in [0.2, 0.25) is 0 Å². The minimum Gasteiger partial charge on any atom is -0.305 e. The number of aryl methyl sites for hydroxylation is 3. The molecular weight excluding hydrogens is 242 g/mol. The molecule has 3 rings (SSSR count). The number of aromatic nitrogens is 3. The molecule has 0 fully saturated rings. The standard InChI is InChI=1S/C14H13N3O2/c1-6-4-9-8(3)11-12(13(18)17-14(19)16-11)15-10(9)5-7(6)2/h4-5H,1-3H3,(H2,16,17,18,19). The van der Waals surface area contributed by atoms with Crippen molar-refractivity contribution in [2.75, 3.05) is 0 Å². The van der Waals surface area contributed by atoms with Crippen LogP contribution >= 0.6 is 0 Å². The number of pyridine rings is 1. The predicted molar refractivity (Wildman–Crippen MR) is 74.7 cm³/mol. The molecule has 0 aliphatic heterocycles. The molecule has 19 heavy (non-hydrogen) atoms. The molecule has 1 aromatic carbocycles. The van der Waals surface area contributed by atoms with Crippen LogP contribution in [0.4, 0.5) is 0 Å². The molecule has 5 nitrogen and oxygen atoms in total. The van der Waals surface area contributed by atoms with Gasteiger partial charge in [0, 0.05) is 5.39 Å². The summed E-state index contributed by atoms with van der Waals surface area (Å²) in [7, 11) is 0. The Morgan fingerprint density at radius 2 is 1.68 bits per heavy atom. The van der Waals surface area contributed by atoms with Gasteiger partial charge in [-0.15, -0.1) is 0 Å². The van der Waals surface area contributed by atoms with Gasteiger partial charge in [0.1, 0.15) is 0 Å². The summed E-state index contributed by atoms with van der Waals surface area (Å²) in [5.74, 6) is 0. The Balaban J connectivity index is 2.64. The smallest absolute Gasteiger partial charge is 0.305 e. The number of hydrogen-bond acceptors (Lipinski definition) is 3. The number of hydrogen-bond donors (Lipinski definition) is 2. The zero-order valence-corrected chi connectivity index (χ0v) is 10.9. The van der Waals surface area contributed by atoms with E-state index in [1.807, 2.05) is 32.9 Å². The van der Waals surface area contributed by atoms with E-state index < -0.39 is 11.2 Å². The van der Waals surface area contributed by atoms with Crippen molar-refractivity contribution in [2.45, 2.75) is 20.8 Å². The van der Waals surface area contributed by atoms with Gasteiger partial charge in [-0.1, -0.05) is 0 Å². The van der Waals surface area contributed by atoms with E-state index in [-0.39, 0.29) is 5.52 Å². The first-order valence-corrected chi connectivity index (χ1v) is 6.01. The highest BCUT2D eigenvalue weighted by Crippen LogP contribution is 2.24. The highest BCUT2D eigenvalue weighted by atomic mass is 16.2. The van der Waals surface area contributed by atoms with Crippen LogP contribution in [-0.4, -0.2) is 15.0 Å². The first-order chi connectivity index (χ1) is 8.97. The quantitative estimate of drug-likeness (QED) is 0.600. The summed E-state index contributed by atoms with van der Waals surface area (Å²) in [6, 6.07) is 3.99. The summed E-state index contributed by atoms with van der Waals surface area (Å²) < 4.78 is 0. The van der Waals surface area contributed by atoms with Crippen LogP contribution < -0.4 is 11.2 Å². The molecule has 96 valence electrons. The van der Waals surface area contributed by atoms with E-state index >= 15 is 0 Å². The third-order valence-electron chi connectivity index (χ3n) is 3.54. The number of rotatable bonds is 0. The zero-order chi connectivity index (χ0) is 13.7. The number of benzene rings is 1. The van der Waals surface area contributed by atoms with Crippen molar-refractivity contribution >= 4 is 21.9 Å². The molecule has 2 heterocycles. The van der Waals surface area contributed by atoms with E-state index in [9.17, 15) is 9.59 Å². The average molecular weight is 255 g/mol. The van der Waals surface area contributed by atoms with Gasteiger partial charge in [-0.3, -0.25) is 9.78 Å². The van der Waals surface area contributed by atoms with Gasteiger partial charge < -0.3 is 4.98 Å². The summed E-state index contributed by atoms with van der Waals surface area (Å²) in [4.78, 5) is 32.4. The average Bonchev–Trinajstić information content (AvgIpc) is 2.34. The van der Waals surface area contributed by atoms with Crippen LogP contribution in [0.1, 0.15) is 16.7 Å². The van der Waals surface area contributed by atoms with Crippen molar-refractivity contribution in [1.82, 2.24) is 15.0 Å². The first kappa shape index (κ1) is 11.6. The highest BCUT2D eigenvalue weighted by Gasteiger charge is 2.10. The first-order valence-electron chi connectivity index (χ1n) is 6.01. The van der Waals surface area contributed by atoms with Crippen LogP contribution in [0, 0.1) is 20.8 Å². The Hall–Kier alpha value is -2.43. The summed E-state index contributed by atoms with van der Waals surface area (Å²) in [5.41, 5.74) is 3.73. The molecule has 0 amide bonds. The number of fused-ring (bicyclic) bond motifs is 2. The third-order valence-corrected chi connectivity index (χ3v) is 3.54. The number of nitrogens with zero attached hydrogens (tertiary/aromatic N) is 1. The van der Waals surface area contributed by atoms with E-state index in [1.54, 1.807) is 0 Å². The van der Waals surface area contributed by atoms with Crippen LogP contribution in [0.5, 0.6) is 0 Å². The lowest BCUT2D eigenvalue weighted by Crippen LogP contribution is -2.23. The van der Waals surface area contributed by atoms with Crippen LogP contribution in [-0.2, 0) is 0 Å². The Labute approximate surface area is 108 Å². The predicted octanol–water partition coefficient (Wildman–Crippen LogP) is 1.69. The van der Waals surface area contributed by atoms with E-state index in [0.717, 1.165) is 27.6 Å². The molecule has 2 aromatic heterocycles. The van der Waals surface area contributed by atoms with Gasteiger partial charge in [0.05, 0.1) is 11.0 Å². The van der Waals surface area contributed by atoms with Crippen LogP contribution in [0.15, 0.2) is 21.7 Å². The molecule has 0 radical (unpaired) electrons. The fourth-order valence-electron chi connectivity index (χ4n) is 2.31. The second-order valence-corrected chi connectivity index (χ2v) is 4.82. The molecule has 0 aliphatic carbocycles. The lowest BCUT2D eigenvalue weighted by molar-refractivity contribution is 1.07. The zero-order valence-electron chi connectivity index (χ0n) is 10.9. The van der Waals surface area contributed by atoms with Gasteiger partial charge in [-0.05, 0) is 49.6 Å². The molecule has 0 saturated carbocycles. The number of nitrogens with one attached hydrogen (secondary N) is 2. The van der Waals surface area contributed by atoms with E-state index in [4.69, 9.17) is 0 Å². The van der Waals surface area contributed by atoms with E-state index in [2.05, 4.69) is 15.0 Å². The summed E-state index contributed by atoms with van der Waals surface area (Å²) >= 11 is 0. The van der Waals surface area contributed by atoms with Crippen molar-refractivity contribution < 1.29 is 0 Å². The Kier molecular flexibility index (Phi) is 2.32. The van der Waals surface area contributed by atoms with Gasteiger partial charge in [0.15, 0.2) is 5.52 Å². The van der Waals surface area contributed by atoms with E-state index in [1.165, 1.54) is 0 Å². The van der Waals surface area contributed by atoms with Gasteiger partial charge in [-0.25, -0.2) is 9.78 Å². The van der Waals surface area contributed by atoms with Crippen molar-refractivity contribution in [1.29, 1.82) is 0 Å². The van der Waals surface area contributed by atoms with Gasteiger partial charge >= 0.3 is 5.69 Å². The molecule has 0 saturated heterocycles. The lowest BCUT2D eigenvalue weighted by atomic mass is 10.0. The van der Waals surface area contributed by atoms with Gasteiger partial charge in [0.2, 0.25) is 0 Å². The highest BCUT2D eigenvalue weighted by molar-refractivity contribution is 5.95. The summed E-state index contributed by atoms with van der Waals surface area (Å²) in [6.07, 6.45) is 0. The molecule has 2 N–H and O–H groups in total. The lowest BCUT2D eigenvalue weighted by Gasteiger charge is -2.08. The molecule has 5 heteroatoms. The van der Waals surface area contributed by atoms with Gasteiger partial charge in [0.25, 0.3) is 5.56 Å². The monoisotopic (exact) mass is 255 g/mol. The molecule has 3 aromatic rings. The van der Waals surface area contributed by atoms with Crippen LogP contribution in [0.25, 0.3) is 21.9 Å². The topological polar surface area (TPSA) is 78.6 Å². The SMILES string of the molecule is Cc1cc2nc3c(=O)[nH]c(=O)[nH]c3c(C)c2cc1C. The van der Waals surface area contributed by atoms with Crippen molar-refractivity contribution in [3.05, 3.63) is 49.7 Å². The molecule has 0 spiro atoms. The minimum atomic E-state index is -0.509. The molecule has 0 bridgehead atoms. The van der Waals surface area contributed by atoms with Gasteiger partial charge in [-0.2, -0.15) is 0 Å². The minimum absolute atomic E-state index is 0.271. The third kappa shape index (κ3) is 1.66. The van der Waals surface area contributed by atoms with Crippen molar-refractivity contribution in [3.8, 4) is 0 Å². The number of aromatic amines is 2. The maximum atomic E-state index is 11.8. The summed E-state index contributed by atoms with van der Waals surface area (Å²) in [5, 5.41) is 0.955.